The van der Waals surface area contributed by atoms with E-state index < -0.39 is 12.2 Å². The minimum atomic E-state index is -0.593. The molecule has 0 aromatic heterocycles. The molecule has 1 aliphatic heterocycles. The molecule has 55 heavy (non-hydrogen) atoms. The van der Waals surface area contributed by atoms with Crippen LogP contribution in [-0.4, -0.2) is 87.7 Å². The van der Waals surface area contributed by atoms with Crippen LogP contribution in [0, 0.1) is 35.5 Å². The SMILES string of the molecule is CC(=O)O[C@@H]1C=CC(=O)C1.CC(=O)O[C@H]1CC(=O)C[C@@H]1C.C[C@@H](O)[C@@H](C)O.C[C@@H]1C=CC(=O)C1.C[C@H]1CC(=O)C[C@@H]1C.C[C@H]1CC2(C[C@@H]1C)O[C@H](C)[C@@H](C)O2. The number of hydrogen-bond acceptors (Lipinski definition) is 12. The molecule has 1 heterocycles. The molecule has 12 nitrogen and oxygen atoms in total. The first-order valence-corrected chi connectivity index (χ1v) is 19.9. The van der Waals surface area contributed by atoms with Crippen molar-refractivity contribution in [3.63, 3.8) is 0 Å². The van der Waals surface area contributed by atoms with Crippen LogP contribution in [0.4, 0.5) is 0 Å². The average molecular weight is 779 g/mol. The van der Waals surface area contributed by atoms with Crippen LogP contribution in [0.15, 0.2) is 24.3 Å². The summed E-state index contributed by atoms with van der Waals surface area (Å²) in [7, 11) is 0. The zero-order chi connectivity index (χ0) is 42.2. The van der Waals surface area contributed by atoms with Crippen molar-refractivity contribution in [2.45, 2.75) is 177 Å². The fraction of sp³-hybridized carbons (Fsp3) is 0.767. The van der Waals surface area contributed by atoms with Crippen molar-refractivity contribution in [1.29, 1.82) is 0 Å². The van der Waals surface area contributed by atoms with Gasteiger partial charge in [-0.1, -0.05) is 47.6 Å². The molecule has 0 aromatic rings. The number of ketones is 4. The summed E-state index contributed by atoms with van der Waals surface area (Å²) in [5, 5.41) is 16.8. The first-order chi connectivity index (χ1) is 25.4. The van der Waals surface area contributed by atoms with Crippen molar-refractivity contribution in [3.05, 3.63) is 24.3 Å². The highest BCUT2D eigenvalue weighted by Gasteiger charge is 2.50. The molecule has 0 radical (unpaired) electrons. The molecule has 4 fully saturated rings. The number of aliphatic hydroxyl groups is 2. The van der Waals surface area contributed by atoms with Crippen LogP contribution in [0.1, 0.15) is 134 Å². The standard InChI is InChI=1S/C11H20O2.C8H12O3.C7H8O3.C7H12O.C6H8O.C4H10O2/c1-7-5-11(6-8(7)2)12-9(3)10(4)13-11;1-5-3-7(10)4-8(5)11-6(2)9;1-5(8)10-7-3-2-6(9)4-7;1-5-3-7(8)4-6(5)2;1-5-2-3-6(7)4-5;1-3(5)4(2)6/h7-10H,5-6H2,1-4H3;5,8H,3-4H2,1-2H3;2-3,7H,4H2,1H3;5-6H,3-4H2,1-2H3;2-3,5H,4H2,1H3;3-6H,1-2H3/t7-,8-,9+,10+;5-,8-;7-;5-,6-;5-;3-,4-/m001011/s1. The summed E-state index contributed by atoms with van der Waals surface area (Å²) in [6.07, 6.45) is 11.3. The van der Waals surface area contributed by atoms with Crippen LogP contribution in [-0.2, 0) is 47.7 Å². The van der Waals surface area contributed by atoms with E-state index in [2.05, 4.69) is 41.5 Å². The van der Waals surface area contributed by atoms with Crippen LogP contribution in [0.25, 0.3) is 0 Å². The summed E-state index contributed by atoms with van der Waals surface area (Å²) in [6.45, 7) is 22.9. The molecule has 5 aliphatic carbocycles. The fourth-order valence-corrected chi connectivity index (χ4v) is 6.70. The summed E-state index contributed by atoms with van der Waals surface area (Å²) in [5.74, 6) is 3.52. The number of esters is 2. The minimum Gasteiger partial charge on any atom is -0.462 e. The Hall–Kier alpha value is -3.06. The second kappa shape index (κ2) is 23.9. The smallest absolute Gasteiger partial charge is 0.303 e. The molecule has 0 aromatic carbocycles. The molecular weight excluding hydrogens is 708 g/mol. The van der Waals surface area contributed by atoms with E-state index in [0.717, 1.165) is 43.9 Å². The highest BCUT2D eigenvalue weighted by Crippen LogP contribution is 2.47. The van der Waals surface area contributed by atoms with Gasteiger partial charge in [-0.3, -0.25) is 28.8 Å². The van der Waals surface area contributed by atoms with Crippen molar-refractivity contribution >= 4 is 35.1 Å². The third-order valence-corrected chi connectivity index (χ3v) is 10.7. The van der Waals surface area contributed by atoms with Crippen molar-refractivity contribution in [3.8, 4) is 0 Å². The fourth-order valence-electron chi connectivity index (χ4n) is 6.70. The second-order valence-electron chi connectivity index (χ2n) is 16.6. The lowest BCUT2D eigenvalue weighted by molar-refractivity contribution is -0.170. The lowest BCUT2D eigenvalue weighted by Gasteiger charge is -2.22. The number of carbonyl (C=O) groups excluding carboxylic acids is 6. The molecule has 0 unspecified atom stereocenters. The summed E-state index contributed by atoms with van der Waals surface area (Å²) < 4.78 is 21.6. The number of rotatable bonds is 3. The van der Waals surface area contributed by atoms with Gasteiger partial charge in [0, 0.05) is 64.7 Å². The zero-order valence-corrected chi connectivity index (χ0v) is 35.4. The highest BCUT2D eigenvalue weighted by molar-refractivity contribution is 5.93. The van der Waals surface area contributed by atoms with Gasteiger partial charge in [0.15, 0.2) is 17.4 Å². The Morgan fingerprint density at radius 3 is 1.31 bits per heavy atom. The van der Waals surface area contributed by atoms with Crippen molar-refractivity contribution in [2.24, 2.45) is 35.5 Å². The largest absolute Gasteiger partial charge is 0.462 e. The molecule has 1 spiro atoms. The van der Waals surface area contributed by atoms with E-state index in [1.54, 1.807) is 26.0 Å². The predicted octanol–water partition coefficient (Wildman–Crippen LogP) is 6.46. The Kier molecular flexibility index (Phi) is 21.7. The van der Waals surface area contributed by atoms with Crippen LogP contribution in [0.2, 0.25) is 0 Å². The van der Waals surface area contributed by atoms with Crippen LogP contribution < -0.4 is 0 Å². The Morgan fingerprint density at radius 1 is 0.618 bits per heavy atom. The van der Waals surface area contributed by atoms with Crippen LogP contribution in [0.5, 0.6) is 0 Å². The van der Waals surface area contributed by atoms with Gasteiger partial charge in [-0.15, -0.1) is 0 Å². The van der Waals surface area contributed by atoms with Crippen molar-refractivity contribution in [2.75, 3.05) is 0 Å². The maximum atomic E-state index is 10.9. The van der Waals surface area contributed by atoms with Gasteiger partial charge in [0.2, 0.25) is 0 Å². The van der Waals surface area contributed by atoms with Gasteiger partial charge >= 0.3 is 11.9 Å². The number of ether oxygens (including phenoxy) is 4. The van der Waals surface area contributed by atoms with Crippen molar-refractivity contribution < 1.29 is 57.9 Å². The van der Waals surface area contributed by atoms with E-state index in [1.165, 1.54) is 19.9 Å². The van der Waals surface area contributed by atoms with Gasteiger partial charge in [-0.2, -0.15) is 0 Å². The summed E-state index contributed by atoms with van der Waals surface area (Å²) >= 11 is 0. The first kappa shape index (κ1) is 50.0. The van der Waals surface area contributed by atoms with E-state index in [-0.39, 0.29) is 65.4 Å². The second-order valence-corrected chi connectivity index (χ2v) is 16.6. The quantitative estimate of drug-likeness (QED) is 0.299. The zero-order valence-electron chi connectivity index (χ0n) is 35.4. The molecule has 1 saturated heterocycles. The van der Waals surface area contributed by atoms with Crippen LogP contribution >= 0.6 is 0 Å². The first-order valence-electron chi connectivity index (χ1n) is 19.9. The third kappa shape index (κ3) is 19.6. The Bertz CT molecular complexity index is 1270. The molecular formula is C43H70O12. The number of Topliss-reactive ketones (excluding diaryl/α,β-unsaturated/α-hetero) is 2. The molecule has 12 atom stereocenters. The van der Waals surface area contributed by atoms with E-state index >= 15 is 0 Å². The van der Waals surface area contributed by atoms with Gasteiger partial charge in [-0.05, 0) is 75.5 Å². The van der Waals surface area contributed by atoms with Gasteiger partial charge < -0.3 is 29.2 Å². The Morgan fingerprint density at radius 2 is 1.04 bits per heavy atom. The summed E-state index contributed by atoms with van der Waals surface area (Å²) in [6, 6.07) is 0. The lowest BCUT2D eigenvalue weighted by atomic mass is 10.0. The van der Waals surface area contributed by atoms with Gasteiger partial charge in [0.25, 0.3) is 0 Å². The maximum Gasteiger partial charge on any atom is 0.303 e. The molecule has 0 bridgehead atoms. The lowest BCUT2D eigenvalue weighted by Crippen LogP contribution is -2.27. The Labute approximate surface area is 329 Å². The normalized spacial score (nSPS) is 33.4. The molecule has 0 amide bonds. The summed E-state index contributed by atoms with van der Waals surface area (Å²) in [5.41, 5.74) is 0. The average Bonchev–Trinajstić information content (AvgIpc) is 3.88. The minimum absolute atomic E-state index is 0.0197. The molecule has 12 heteroatoms. The molecule has 314 valence electrons. The van der Waals surface area contributed by atoms with E-state index in [1.807, 2.05) is 19.9 Å². The van der Waals surface area contributed by atoms with Gasteiger partial charge in [-0.25, -0.2) is 0 Å². The van der Waals surface area contributed by atoms with Crippen molar-refractivity contribution in [1.82, 2.24) is 0 Å². The number of allylic oxidation sites excluding steroid dienone is 3. The Balaban J connectivity index is 0.000000337. The topological polar surface area (TPSA) is 180 Å². The maximum absolute atomic E-state index is 10.9. The number of hydrogen-bond donors (Lipinski definition) is 2. The molecule has 3 saturated carbocycles. The van der Waals surface area contributed by atoms with E-state index in [4.69, 9.17) is 29.2 Å². The van der Waals surface area contributed by atoms with Gasteiger partial charge in [0.1, 0.15) is 23.8 Å². The van der Waals surface area contributed by atoms with Crippen LogP contribution in [0.3, 0.4) is 0 Å². The molecule has 6 aliphatic rings. The van der Waals surface area contributed by atoms with E-state index in [0.29, 0.717) is 42.8 Å². The highest BCUT2D eigenvalue weighted by atomic mass is 16.8. The molecule has 6 rings (SSSR count). The monoisotopic (exact) mass is 778 g/mol. The predicted molar refractivity (Wildman–Crippen MR) is 209 cm³/mol. The number of carbonyl (C=O) groups is 6. The third-order valence-electron chi connectivity index (χ3n) is 10.7. The summed E-state index contributed by atoms with van der Waals surface area (Å²) in [4.78, 5) is 63.3. The number of aliphatic hydroxyl groups excluding tert-OH is 2. The van der Waals surface area contributed by atoms with E-state index in [9.17, 15) is 28.8 Å². The molecule has 2 N–H and O–H groups in total. The van der Waals surface area contributed by atoms with Gasteiger partial charge in [0.05, 0.1) is 30.8 Å².